The monoisotopic (exact) mass is 357 g/mol. The van der Waals surface area contributed by atoms with Crippen molar-refractivity contribution in [3.8, 4) is 5.75 Å². The van der Waals surface area contributed by atoms with Gasteiger partial charge in [-0.1, -0.05) is 56.3 Å². The second kappa shape index (κ2) is 11.0. The summed E-state index contributed by atoms with van der Waals surface area (Å²) >= 11 is 0. The molecule has 0 fully saturated rings. The van der Waals surface area contributed by atoms with Crippen molar-refractivity contribution in [2.75, 3.05) is 26.9 Å². The van der Waals surface area contributed by atoms with Gasteiger partial charge in [-0.3, -0.25) is 4.90 Å². The van der Waals surface area contributed by atoms with Gasteiger partial charge in [-0.2, -0.15) is 0 Å². The highest BCUT2D eigenvalue weighted by atomic mass is 16.5. The summed E-state index contributed by atoms with van der Waals surface area (Å²) in [5.74, 6) is 1.32. The van der Waals surface area contributed by atoms with Gasteiger partial charge in [0.2, 0.25) is 0 Å². The average Bonchev–Trinajstić information content (AvgIpc) is 2.62. The quantitative estimate of drug-likeness (QED) is 0.665. The lowest BCUT2D eigenvalue weighted by Crippen LogP contribution is -2.34. The molecule has 0 radical (unpaired) electrons. The van der Waals surface area contributed by atoms with Crippen LogP contribution < -0.4 is 4.74 Å². The molecule has 2 aromatic carbocycles. The molecule has 1 N–H and O–H groups in total. The molecule has 2 aromatic rings. The first-order valence-corrected chi connectivity index (χ1v) is 9.22. The minimum absolute atomic E-state index is 0.363. The minimum Gasteiger partial charge on any atom is -0.497 e. The molecule has 1 unspecified atom stereocenters. The van der Waals surface area contributed by atoms with Gasteiger partial charge in [0.05, 0.1) is 19.8 Å². The minimum atomic E-state index is -0.511. The smallest absolute Gasteiger partial charge is 0.119 e. The number of hydrogen-bond donors (Lipinski definition) is 1. The van der Waals surface area contributed by atoms with Gasteiger partial charge in [-0.15, -0.1) is 0 Å². The third kappa shape index (κ3) is 7.56. The highest BCUT2D eigenvalue weighted by Crippen LogP contribution is 2.16. The average molecular weight is 357 g/mol. The summed E-state index contributed by atoms with van der Waals surface area (Å²) in [6, 6.07) is 18.4. The summed E-state index contributed by atoms with van der Waals surface area (Å²) in [6.07, 6.45) is -0.511. The van der Waals surface area contributed by atoms with Gasteiger partial charge >= 0.3 is 0 Å². The van der Waals surface area contributed by atoms with Crippen molar-refractivity contribution in [2.24, 2.45) is 5.92 Å². The highest BCUT2D eigenvalue weighted by molar-refractivity contribution is 5.28. The first kappa shape index (κ1) is 20.4. The number of methoxy groups -OCH3 is 1. The Morgan fingerprint density at radius 2 is 1.62 bits per heavy atom. The number of benzene rings is 2. The second-order valence-electron chi connectivity index (χ2n) is 7.09. The van der Waals surface area contributed by atoms with Crippen LogP contribution in [0.25, 0.3) is 0 Å². The van der Waals surface area contributed by atoms with Gasteiger partial charge in [-0.05, 0) is 29.2 Å². The molecular formula is C22H31NO3. The van der Waals surface area contributed by atoms with Crippen LogP contribution in [-0.4, -0.2) is 43.0 Å². The zero-order valence-electron chi connectivity index (χ0n) is 16.1. The maximum Gasteiger partial charge on any atom is 0.119 e. The van der Waals surface area contributed by atoms with Gasteiger partial charge in [0.15, 0.2) is 0 Å². The zero-order chi connectivity index (χ0) is 18.8. The molecule has 0 bridgehead atoms. The standard InChI is InChI=1S/C22H31NO3/c1-18(2)16-26-17-21(24)15-23(13-19-8-5-4-6-9-19)14-20-10-7-11-22(12-20)25-3/h4-12,18,21,24H,13-17H2,1-3H3. The largest absolute Gasteiger partial charge is 0.497 e. The first-order chi connectivity index (χ1) is 12.6. The number of aliphatic hydroxyl groups is 1. The van der Waals surface area contributed by atoms with Crippen molar-refractivity contribution in [1.82, 2.24) is 4.90 Å². The van der Waals surface area contributed by atoms with Crippen LogP contribution in [0.4, 0.5) is 0 Å². The Bertz CT molecular complexity index is 630. The van der Waals surface area contributed by atoms with Crippen molar-refractivity contribution in [1.29, 1.82) is 0 Å². The number of nitrogens with zero attached hydrogens (tertiary/aromatic N) is 1. The van der Waals surface area contributed by atoms with E-state index < -0.39 is 6.10 Å². The van der Waals surface area contributed by atoms with Gasteiger partial charge in [0.25, 0.3) is 0 Å². The van der Waals surface area contributed by atoms with E-state index in [1.54, 1.807) is 7.11 Å². The molecule has 142 valence electrons. The summed E-state index contributed by atoms with van der Waals surface area (Å²) in [7, 11) is 1.68. The van der Waals surface area contributed by atoms with E-state index in [4.69, 9.17) is 9.47 Å². The number of aliphatic hydroxyl groups excluding tert-OH is 1. The Morgan fingerprint density at radius 3 is 2.31 bits per heavy atom. The predicted molar refractivity (Wildman–Crippen MR) is 105 cm³/mol. The van der Waals surface area contributed by atoms with E-state index in [0.717, 1.165) is 24.4 Å². The third-order valence-electron chi connectivity index (χ3n) is 4.02. The highest BCUT2D eigenvalue weighted by Gasteiger charge is 2.14. The lowest BCUT2D eigenvalue weighted by molar-refractivity contribution is 0.00554. The van der Waals surface area contributed by atoms with Crippen LogP contribution in [0.15, 0.2) is 54.6 Å². The summed E-state index contributed by atoms with van der Waals surface area (Å²) < 4.78 is 10.9. The summed E-state index contributed by atoms with van der Waals surface area (Å²) in [5, 5.41) is 10.4. The number of ether oxygens (including phenoxy) is 2. The fourth-order valence-corrected chi connectivity index (χ4v) is 2.85. The van der Waals surface area contributed by atoms with Crippen LogP contribution in [0.5, 0.6) is 5.75 Å². The molecule has 0 heterocycles. The van der Waals surface area contributed by atoms with Crippen molar-refractivity contribution in [3.05, 3.63) is 65.7 Å². The molecule has 1 atom stereocenters. The summed E-state index contributed by atoms with van der Waals surface area (Å²) in [5.41, 5.74) is 2.39. The van der Waals surface area contributed by atoms with Gasteiger partial charge < -0.3 is 14.6 Å². The molecule has 0 aliphatic heterocycles. The maximum atomic E-state index is 10.4. The van der Waals surface area contributed by atoms with E-state index in [0.29, 0.717) is 25.7 Å². The Morgan fingerprint density at radius 1 is 0.923 bits per heavy atom. The van der Waals surface area contributed by atoms with Gasteiger partial charge in [0.1, 0.15) is 5.75 Å². The first-order valence-electron chi connectivity index (χ1n) is 9.22. The van der Waals surface area contributed by atoms with E-state index in [-0.39, 0.29) is 0 Å². The molecule has 0 spiro atoms. The van der Waals surface area contributed by atoms with Crippen LogP contribution in [0.3, 0.4) is 0 Å². The van der Waals surface area contributed by atoms with E-state index in [2.05, 4.69) is 36.9 Å². The lowest BCUT2D eigenvalue weighted by Gasteiger charge is -2.25. The van der Waals surface area contributed by atoms with E-state index in [1.165, 1.54) is 5.56 Å². The van der Waals surface area contributed by atoms with E-state index in [1.807, 2.05) is 36.4 Å². The maximum absolute atomic E-state index is 10.4. The van der Waals surface area contributed by atoms with Gasteiger partial charge in [0, 0.05) is 26.2 Å². The van der Waals surface area contributed by atoms with Crippen LogP contribution in [0.1, 0.15) is 25.0 Å². The van der Waals surface area contributed by atoms with Crippen LogP contribution in [0.2, 0.25) is 0 Å². The van der Waals surface area contributed by atoms with Crippen LogP contribution >= 0.6 is 0 Å². The molecule has 0 aliphatic rings. The topological polar surface area (TPSA) is 41.9 Å². The molecule has 0 aromatic heterocycles. The Balaban J connectivity index is 2.00. The Kier molecular flexibility index (Phi) is 8.62. The molecule has 4 nitrogen and oxygen atoms in total. The fourth-order valence-electron chi connectivity index (χ4n) is 2.85. The summed E-state index contributed by atoms with van der Waals surface area (Å²) in [4.78, 5) is 2.24. The molecule has 0 amide bonds. The van der Waals surface area contributed by atoms with E-state index in [9.17, 15) is 5.11 Å². The van der Waals surface area contributed by atoms with Crippen molar-refractivity contribution in [3.63, 3.8) is 0 Å². The third-order valence-corrected chi connectivity index (χ3v) is 4.02. The molecule has 4 heteroatoms. The molecule has 0 saturated heterocycles. The molecule has 0 saturated carbocycles. The zero-order valence-corrected chi connectivity index (χ0v) is 16.1. The normalized spacial score (nSPS) is 12.5. The Labute approximate surface area is 157 Å². The van der Waals surface area contributed by atoms with Crippen molar-refractivity contribution >= 4 is 0 Å². The van der Waals surface area contributed by atoms with Crippen molar-refractivity contribution < 1.29 is 14.6 Å². The van der Waals surface area contributed by atoms with Crippen LogP contribution in [-0.2, 0) is 17.8 Å². The second-order valence-corrected chi connectivity index (χ2v) is 7.09. The molecule has 0 aliphatic carbocycles. The van der Waals surface area contributed by atoms with Gasteiger partial charge in [-0.25, -0.2) is 0 Å². The van der Waals surface area contributed by atoms with Crippen LogP contribution in [0, 0.1) is 5.92 Å². The van der Waals surface area contributed by atoms with Crippen molar-refractivity contribution in [2.45, 2.75) is 33.0 Å². The molecule has 26 heavy (non-hydrogen) atoms. The lowest BCUT2D eigenvalue weighted by atomic mass is 10.1. The Hall–Kier alpha value is -1.88. The molecule has 2 rings (SSSR count). The van der Waals surface area contributed by atoms with E-state index >= 15 is 0 Å². The number of hydrogen-bond acceptors (Lipinski definition) is 4. The fraction of sp³-hybridized carbons (Fsp3) is 0.455. The summed E-state index contributed by atoms with van der Waals surface area (Å²) in [6.45, 7) is 7.33. The molecular weight excluding hydrogens is 326 g/mol. The SMILES string of the molecule is COc1cccc(CN(Cc2ccccc2)CC(O)COCC(C)C)c1. The number of rotatable bonds is 11. The predicted octanol–water partition coefficient (Wildman–Crippen LogP) is 3.73.